The molecular weight excluding hydrogens is 130 g/mol. The molecule has 0 aliphatic heterocycles. The van der Waals surface area contributed by atoms with Crippen molar-refractivity contribution in [3.8, 4) is 0 Å². The number of rotatable bonds is 0. The van der Waals surface area contributed by atoms with E-state index in [4.69, 9.17) is 14.7 Å². The van der Waals surface area contributed by atoms with Crippen LogP contribution in [0.5, 0.6) is 0 Å². The third kappa shape index (κ3) is 46.0. The molecule has 0 amide bonds. The van der Waals surface area contributed by atoms with Gasteiger partial charge in [-0.1, -0.05) is 0 Å². The Kier molecular flexibility index (Phi) is 25.5. The Hall–Kier alpha value is 1.61. The van der Waals surface area contributed by atoms with E-state index in [2.05, 4.69) is 0 Å². The second-order valence-corrected chi connectivity index (χ2v) is 0.671. The van der Waals surface area contributed by atoms with E-state index in [0.29, 0.717) is 0 Å². The molecule has 0 aromatic carbocycles. The predicted molar refractivity (Wildman–Crippen MR) is 18.4 cm³/mol. The first kappa shape index (κ1) is 15.6. The summed E-state index contributed by atoms with van der Waals surface area (Å²) in [5, 5.41) is 0. The van der Waals surface area contributed by atoms with Gasteiger partial charge in [0.1, 0.15) is 0 Å². The van der Waals surface area contributed by atoms with E-state index < -0.39 is 8.60 Å². The molecule has 0 atom stereocenters. The van der Waals surface area contributed by atoms with Crippen LogP contribution in [-0.2, 0) is 0 Å². The van der Waals surface area contributed by atoms with Gasteiger partial charge in [-0.3, -0.25) is 0 Å². The van der Waals surface area contributed by atoms with Gasteiger partial charge in [0.25, 0.3) is 0 Å². The van der Waals surface area contributed by atoms with E-state index in [0.717, 1.165) is 0 Å². The summed E-state index contributed by atoms with van der Waals surface area (Å²) < 4.78 is 0. The van der Waals surface area contributed by atoms with Crippen LogP contribution in [0.25, 0.3) is 0 Å². The van der Waals surface area contributed by atoms with Gasteiger partial charge in [-0.2, -0.15) is 0 Å². The molecule has 0 N–H and O–H groups in total. The Labute approximate surface area is 63.7 Å². The predicted octanol–water partition coefficient (Wildman–Crippen LogP) is -3.47. The molecule has 0 aromatic heterocycles. The van der Waals surface area contributed by atoms with Gasteiger partial charge in [-0.15, -0.1) is 0 Å². The molecule has 0 aliphatic rings. The van der Waals surface area contributed by atoms with Gasteiger partial charge < -0.3 is 23.3 Å². The van der Waals surface area contributed by atoms with Crippen molar-refractivity contribution in [3.63, 3.8) is 0 Å². The van der Waals surface area contributed by atoms with Crippen molar-refractivity contribution in [3.05, 3.63) is 0 Å². The molecule has 0 bridgehead atoms. The van der Waals surface area contributed by atoms with Gasteiger partial charge in [0, 0.05) is 0 Å². The zero-order valence-electron chi connectivity index (χ0n) is 2.96. The Balaban J connectivity index is -0.0000000450. The van der Waals surface area contributed by atoms with Crippen LogP contribution in [0.15, 0.2) is 0 Å². The average Bonchev–Trinajstić information content (AvgIpc) is 0.811. The van der Waals surface area contributed by atoms with Crippen molar-refractivity contribution in [2.24, 2.45) is 0 Å². The molecular formula is AlMgO3P+2. The van der Waals surface area contributed by atoms with E-state index in [9.17, 15) is 0 Å². The SMILES string of the molecule is [Al+3].[Mg+2].[O-]P([O-])[O-]. The third-order valence-electron chi connectivity index (χ3n) is 0. The molecule has 0 saturated heterocycles. The van der Waals surface area contributed by atoms with Crippen molar-refractivity contribution < 1.29 is 14.7 Å². The summed E-state index contributed by atoms with van der Waals surface area (Å²) in [5.74, 6) is 0. The minimum Gasteiger partial charge on any atom is -0.854 e. The Bertz CT molecular complexity index is 15.5. The smallest absolute Gasteiger partial charge is 0.854 e. The summed E-state index contributed by atoms with van der Waals surface area (Å²) in [6.07, 6.45) is 0. The maximum absolute atomic E-state index is 8.48. The van der Waals surface area contributed by atoms with Gasteiger partial charge in [0.05, 0.1) is 0 Å². The van der Waals surface area contributed by atoms with Crippen LogP contribution in [0.4, 0.5) is 0 Å². The fourth-order valence-corrected chi connectivity index (χ4v) is 0. The molecule has 26 valence electrons. The topological polar surface area (TPSA) is 69.2 Å². The van der Waals surface area contributed by atoms with Crippen LogP contribution in [0, 0.1) is 0 Å². The molecule has 0 radical (unpaired) electrons. The van der Waals surface area contributed by atoms with Crippen molar-refractivity contribution in [1.29, 1.82) is 0 Å². The van der Waals surface area contributed by atoms with Crippen LogP contribution < -0.4 is 14.7 Å². The first-order chi connectivity index (χ1) is 1.73. The molecule has 0 aliphatic carbocycles. The Morgan fingerprint density at radius 1 is 1.00 bits per heavy atom. The summed E-state index contributed by atoms with van der Waals surface area (Å²) in [6, 6.07) is 0. The maximum Gasteiger partial charge on any atom is 3.00 e. The van der Waals surface area contributed by atoms with Crippen LogP contribution in [0.3, 0.4) is 0 Å². The van der Waals surface area contributed by atoms with Gasteiger partial charge in [0.15, 0.2) is 0 Å². The zero-order valence-corrected chi connectivity index (χ0v) is 6.42. The van der Waals surface area contributed by atoms with Gasteiger partial charge in [-0.05, 0) is 0 Å². The summed E-state index contributed by atoms with van der Waals surface area (Å²) in [7, 11) is -3.37. The van der Waals surface area contributed by atoms with E-state index in [-0.39, 0.29) is 40.4 Å². The van der Waals surface area contributed by atoms with Gasteiger partial charge in [0.2, 0.25) is 0 Å². The fourth-order valence-electron chi connectivity index (χ4n) is 0. The second kappa shape index (κ2) is 9.79. The minimum absolute atomic E-state index is 0. The standard InChI is InChI=1S/Al.Mg.O3P/c;;1-4(2)3/q+3;+2;-3. The molecule has 6 heteroatoms. The fraction of sp³-hybridized carbons (Fsp3) is 0. The summed E-state index contributed by atoms with van der Waals surface area (Å²) in [6.45, 7) is 0. The van der Waals surface area contributed by atoms with E-state index in [1.165, 1.54) is 0 Å². The molecule has 0 aromatic rings. The van der Waals surface area contributed by atoms with Crippen molar-refractivity contribution in [2.75, 3.05) is 0 Å². The van der Waals surface area contributed by atoms with E-state index >= 15 is 0 Å². The van der Waals surface area contributed by atoms with Crippen LogP contribution in [-0.4, -0.2) is 40.4 Å². The van der Waals surface area contributed by atoms with Gasteiger partial charge in [-0.25, -0.2) is 0 Å². The summed E-state index contributed by atoms with van der Waals surface area (Å²) >= 11 is 0. The molecule has 0 rings (SSSR count). The maximum atomic E-state index is 8.48. The average molecular weight is 130 g/mol. The molecule has 6 heavy (non-hydrogen) atoms. The van der Waals surface area contributed by atoms with Crippen molar-refractivity contribution in [2.45, 2.75) is 0 Å². The minimum atomic E-state index is -3.37. The number of hydrogen-bond donors (Lipinski definition) is 0. The van der Waals surface area contributed by atoms with Gasteiger partial charge >= 0.3 is 40.4 Å². The molecule has 0 heterocycles. The monoisotopic (exact) mass is 130 g/mol. The quantitative estimate of drug-likeness (QED) is 0.253. The third-order valence-corrected chi connectivity index (χ3v) is 0. The molecule has 0 saturated carbocycles. The zero-order chi connectivity index (χ0) is 3.58. The molecule has 0 unspecified atom stereocenters. The summed E-state index contributed by atoms with van der Waals surface area (Å²) in [4.78, 5) is 25.4. The largest absolute Gasteiger partial charge is 3.00 e. The van der Waals surface area contributed by atoms with Crippen LogP contribution >= 0.6 is 8.60 Å². The Morgan fingerprint density at radius 2 is 1.00 bits per heavy atom. The molecule has 3 nitrogen and oxygen atoms in total. The van der Waals surface area contributed by atoms with E-state index in [1.807, 2.05) is 0 Å². The van der Waals surface area contributed by atoms with E-state index in [1.54, 1.807) is 0 Å². The normalized spacial score (nSPS) is 6.00. The Morgan fingerprint density at radius 3 is 1.00 bits per heavy atom. The molecule has 0 spiro atoms. The molecule has 0 fully saturated rings. The number of hydrogen-bond acceptors (Lipinski definition) is 3. The summed E-state index contributed by atoms with van der Waals surface area (Å²) in [5.41, 5.74) is 0. The van der Waals surface area contributed by atoms with Crippen molar-refractivity contribution in [1.82, 2.24) is 0 Å². The first-order valence-corrected chi connectivity index (χ1v) is 1.64. The first-order valence-electron chi connectivity index (χ1n) is 0.548. The second-order valence-electron chi connectivity index (χ2n) is 0.224. The van der Waals surface area contributed by atoms with Crippen LogP contribution in [0.1, 0.15) is 0 Å². The van der Waals surface area contributed by atoms with Crippen molar-refractivity contribution >= 4 is 49.0 Å². The van der Waals surface area contributed by atoms with Crippen LogP contribution in [0.2, 0.25) is 0 Å².